The predicted octanol–water partition coefficient (Wildman–Crippen LogP) is 3.76. The van der Waals surface area contributed by atoms with Crippen molar-refractivity contribution in [2.75, 3.05) is 57.9 Å². The molecule has 2 aromatic carbocycles. The number of aromatic nitrogens is 2. The fourth-order valence-electron chi connectivity index (χ4n) is 4.16. The summed E-state index contributed by atoms with van der Waals surface area (Å²) in [5.41, 5.74) is 1.93. The molecule has 10 heteroatoms. The van der Waals surface area contributed by atoms with Gasteiger partial charge in [-0.1, -0.05) is 11.6 Å². The van der Waals surface area contributed by atoms with Gasteiger partial charge in [-0.25, -0.2) is 4.39 Å². The molecule has 1 aromatic heterocycles. The van der Waals surface area contributed by atoms with E-state index < -0.39 is 0 Å². The average Bonchev–Trinajstić information content (AvgIpc) is 3.18. The fraction of sp³-hybridized carbons (Fsp3) is 0.333. The molecule has 8 nitrogen and oxygen atoms in total. The van der Waals surface area contributed by atoms with Gasteiger partial charge in [0.1, 0.15) is 12.4 Å². The summed E-state index contributed by atoms with van der Waals surface area (Å²) in [6.45, 7) is 3.02. The molecular formula is C27H29ClFN5O3. The third kappa shape index (κ3) is 7.02. The van der Waals surface area contributed by atoms with Gasteiger partial charge in [-0.3, -0.25) is 9.59 Å². The molecule has 0 unspecified atom stereocenters. The van der Waals surface area contributed by atoms with Crippen LogP contribution in [-0.4, -0.2) is 84.8 Å². The molecule has 2 heterocycles. The Morgan fingerprint density at radius 2 is 1.73 bits per heavy atom. The molecule has 37 heavy (non-hydrogen) atoms. The first-order valence-corrected chi connectivity index (χ1v) is 12.5. The van der Waals surface area contributed by atoms with Crippen molar-refractivity contribution in [3.05, 3.63) is 77.1 Å². The van der Waals surface area contributed by atoms with Crippen LogP contribution in [-0.2, 0) is 9.53 Å². The quantitative estimate of drug-likeness (QED) is 0.445. The second-order valence-electron chi connectivity index (χ2n) is 8.73. The van der Waals surface area contributed by atoms with E-state index in [1.165, 1.54) is 17.0 Å². The van der Waals surface area contributed by atoms with Crippen molar-refractivity contribution >= 4 is 29.2 Å². The molecule has 0 aliphatic carbocycles. The highest BCUT2D eigenvalue weighted by atomic mass is 35.5. The lowest BCUT2D eigenvalue weighted by molar-refractivity contribution is -0.131. The topological polar surface area (TPSA) is 78.9 Å². The van der Waals surface area contributed by atoms with Gasteiger partial charge in [0.25, 0.3) is 5.91 Å². The minimum Gasteiger partial charge on any atom is -0.383 e. The first-order valence-electron chi connectivity index (χ1n) is 12.1. The highest BCUT2D eigenvalue weighted by molar-refractivity contribution is 6.30. The Balaban J connectivity index is 1.37. The monoisotopic (exact) mass is 525 g/mol. The molecule has 1 fully saturated rings. The van der Waals surface area contributed by atoms with Crippen molar-refractivity contribution in [3.63, 3.8) is 0 Å². The second-order valence-corrected chi connectivity index (χ2v) is 9.17. The number of methoxy groups -OCH3 is 1. The van der Waals surface area contributed by atoms with E-state index in [0.717, 1.165) is 24.3 Å². The highest BCUT2D eigenvalue weighted by Gasteiger charge is 2.24. The molecule has 194 valence electrons. The predicted molar refractivity (Wildman–Crippen MR) is 140 cm³/mol. The lowest BCUT2D eigenvalue weighted by Gasteiger charge is -2.27. The summed E-state index contributed by atoms with van der Waals surface area (Å²) >= 11 is 5.95. The number of carbonyl (C=O) groups excluding carboxylic acids is 2. The molecule has 0 radical (unpaired) electrons. The number of carbonyl (C=O) groups is 2. The van der Waals surface area contributed by atoms with Gasteiger partial charge in [0.05, 0.1) is 12.3 Å². The number of ether oxygens (including phenoxy) is 1. The smallest absolute Gasteiger partial charge is 0.254 e. The van der Waals surface area contributed by atoms with E-state index in [1.54, 1.807) is 48.4 Å². The summed E-state index contributed by atoms with van der Waals surface area (Å²) in [6.07, 6.45) is 0.760. The molecule has 4 rings (SSSR count). The minimum atomic E-state index is -0.298. The molecule has 1 aliphatic heterocycles. The summed E-state index contributed by atoms with van der Waals surface area (Å²) in [6, 6.07) is 16.5. The zero-order chi connectivity index (χ0) is 26.2. The molecular weight excluding hydrogens is 497 g/mol. The Bertz CT molecular complexity index is 1190. The maximum absolute atomic E-state index is 13.2. The van der Waals surface area contributed by atoms with E-state index in [-0.39, 0.29) is 24.2 Å². The van der Waals surface area contributed by atoms with Gasteiger partial charge in [-0.15, -0.1) is 10.2 Å². The van der Waals surface area contributed by atoms with Gasteiger partial charge >= 0.3 is 0 Å². The van der Waals surface area contributed by atoms with Crippen molar-refractivity contribution in [1.82, 2.24) is 20.0 Å². The van der Waals surface area contributed by atoms with Crippen LogP contribution in [0.1, 0.15) is 16.8 Å². The summed E-state index contributed by atoms with van der Waals surface area (Å²) in [5, 5.41) is 9.20. The van der Waals surface area contributed by atoms with E-state index in [0.29, 0.717) is 49.1 Å². The van der Waals surface area contributed by atoms with Crippen molar-refractivity contribution in [2.45, 2.75) is 6.42 Å². The molecule has 0 bridgehead atoms. The van der Waals surface area contributed by atoms with Gasteiger partial charge in [0.2, 0.25) is 5.91 Å². The molecule has 0 saturated carbocycles. The third-order valence-electron chi connectivity index (χ3n) is 6.23. The fourth-order valence-corrected chi connectivity index (χ4v) is 4.28. The first-order chi connectivity index (χ1) is 17.9. The number of anilines is 1. The molecule has 3 aromatic rings. The van der Waals surface area contributed by atoms with E-state index >= 15 is 0 Å². The van der Waals surface area contributed by atoms with Crippen LogP contribution in [0.2, 0.25) is 5.02 Å². The summed E-state index contributed by atoms with van der Waals surface area (Å²) < 4.78 is 18.3. The standard InChI is InChI=1S/C27H29ClFN5O3/c1-37-18-17-34(27(36)21-3-7-22(28)8-4-21)19-26(35)33-14-2-13-32(15-16-33)25-12-11-24(30-31-25)20-5-9-23(29)10-6-20/h3-12H,2,13-19H2,1H3. The Morgan fingerprint density at radius 1 is 0.973 bits per heavy atom. The van der Waals surface area contributed by atoms with Crippen LogP contribution in [0.4, 0.5) is 10.2 Å². The van der Waals surface area contributed by atoms with Crippen molar-refractivity contribution in [3.8, 4) is 11.3 Å². The van der Waals surface area contributed by atoms with Gasteiger partial charge < -0.3 is 19.4 Å². The van der Waals surface area contributed by atoms with E-state index in [9.17, 15) is 14.0 Å². The van der Waals surface area contributed by atoms with Crippen LogP contribution in [0.3, 0.4) is 0 Å². The van der Waals surface area contributed by atoms with Crippen LogP contribution in [0, 0.1) is 5.82 Å². The zero-order valence-electron chi connectivity index (χ0n) is 20.6. The maximum Gasteiger partial charge on any atom is 0.254 e. The Labute approximate surface area is 220 Å². The Kier molecular flexibility index (Phi) is 9.03. The van der Waals surface area contributed by atoms with Gasteiger partial charge in [0, 0.05) is 56.0 Å². The number of benzene rings is 2. The summed E-state index contributed by atoms with van der Waals surface area (Å²) in [7, 11) is 1.56. The molecule has 0 atom stereocenters. The van der Waals surface area contributed by atoms with Crippen molar-refractivity contribution < 1.29 is 18.7 Å². The number of rotatable bonds is 8. The average molecular weight is 526 g/mol. The van der Waals surface area contributed by atoms with Crippen LogP contribution in [0.15, 0.2) is 60.7 Å². The maximum atomic E-state index is 13.2. The normalized spacial score (nSPS) is 13.8. The van der Waals surface area contributed by atoms with Gasteiger partial charge in [-0.2, -0.15) is 0 Å². The lowest BCUT2D eigenvalue weighted by Crippen LogP contribution is -2.45. The Morgan fingerprint density at radius 3 is 2.41 bits per heavy atom. The largest absolute Gasteiger partial charge is 0.383 e. The van der Waals surface area contributed by atoms with Crippen LogP contribution in [0.25, 0.3) is 11.3 Å². The molecule has 0 N–H and O–H groups in total. The van der Waals surface area contributed by atoms with Gasteiger partial charge in [-0.05, 0) is 67.1 Å². The van der Waals surface area contributed by atoms with E-state index in [1.807, 2.05) is 12.1 Å². The number of halogens is 2. The second kappa shape index (κ2) is 12.6. The van der Waals surface area contributed by atoms with Crippen LogP contribution >= 0.6 is 11.6 Å². The van der Waals surface area contributed by atoms with Crippen molar-refractivity contribution in [2.24, 2.45) is 0 Å². The summed E-state index contributed by atoms with van der Waals surface area (Å²) in [4.78, 5) is 31.6. The van der Waals surface area contributed by atoms with Crippen molar-refractivity contribution in [1.29, 1.82) is 0 Å². The van der Waals surface area contributed by atoms with Crippen LogP contribution < -0.4 is 4.90 Å². The van der Waals surface area contributed by atoms with Crippen LogP contribution in [0.5, 0.6) is 0 Å². The molecule has 1 saturated heterocycles. The van der Waals surface area contributed by atoms with E-state index in [4.69, 9.17) is 16.3 Å². The third-order valence-corrected chi connectivity index (χ3v) is 6.48. The lowest BCUT2D eigenvalue weighted by atomic mass is 10.1. The van der Waals surface area contributed by atoms with E-state index in [2.05, 4.69) is 15.1 Å². The number of hydrogen-bond donors (Lipinski definition) is 0. The number of nitrogens with zero attached hydrogens (tertiary/aromatic N) is 5. The number of amides is 2. The molecule has 1 aliphatic rings. The first kappa shape index (κ1) is 26.5. The SMILES string of the molecule is COCCN(CC(=O)N1CCCN(c2ccc(-c3ccc(F)cc3)nn2)CC1)C(=O)c1ccc(Cl)cc1. The highest BCUT2D eigenvalue weighted by Crippen LogP contribution is 2.20. The van der Waals surface area contributed by atoms with Gasteiger partial charge in [0.15, 0.2) is 5.82 Å². The number of hydrogen-bond acceptors (Lipinski definition) is 6. The Hall–Kier alpha value is -3.56. The molecule has 2 amide bonds. The molecule has 0 spiro atoms. The zero-order valence-corrected chi connectivity index (χ0v) is 21.4. The minimum absolute atomic E-state index is 0.0308. The summed E-state index contributed by atoms with van der Waals surface area (Å²) in [5.74, 6) is 0.0704.